The fraction of sp³-hybridized carbons (Fsp3) is 0.182. The largest absolute Gasteiger partial charge is 0.322 e. The van der Waals surface area contributed by atoms with Crippen LogP contribution in [-0.4, -0.2) is 28.3 Å². The maximum absolute atomic E-state index is 12.6. The van der Waals surface area contributed by atoms with E-state index in [1.165, 1.54) is 11.8 Å². The van der Waals surface area contributed by atoms with Gasteiger partial charge in [0.05, 0.1) is 0 Å². The molecule has 4 rings (SSSR count). The van der Waals surface area contributed by atoms with Crippen LogP contribution >= 0.6 is 11.8 Å². The Morgan fingerprint density at radius 2 is 1.79 bits per heavy atom. The number of hydrogen-bond acceptors (Lipinski definition) is 5. The lowest BCUT2D eigenvalue weighted by molar-refractivity contribution is -0.119. The van der Waals surface area contributed by atoms with Crippen molar-refractivity contribution in [3.8, 4) is 0 Å². The third-order valence-electron chi connectivity index (χ3n) is 4.60. The molecule has 1 fully saturated rings. The third-order valence-corrected chi connectivity index (χ3v) is 5.49. The highest BCUT2D eigenvalue weighted by atomic mass is 32.2. The lowest BCUT2D eigenvalue weighted by Gasteiger charge is -2.26. The highest BCUT2D eigenvalue weighted by Crippen LogP contribution is 2.26. The number of rotatable bonds is 5. The summed E-state index contributed by atoms with van der Waals surface area (Å²) < 4.78 is 0. The van der Waals surface area contributed by atoms with Crippen LogP contribution in [0.5, 0.6) is 0 Å². The van der Waals surface area contributed by atoms with Gasteiger partial charge in [-0.2, -0.15) is 0 Å². The molecule has 1 N–H and O–H groups in total. The van der Waals surface area contributed by atoms with Gasteiger partial charge in [0, 0.05) is 42.3 Å². The Hall–Kier alpha value is -3.19. The maximum Gasteiger partial charge on any atom is 0.255 e. The van der Waals surface area contributed by atoms with Crippen molar-refractivity contribution >= 4 is 35.0 Å². The summed E-state index contributed by atoms with van der Waals surface area (Å²) in [7, 11) is 0. The van der Waals surface area contributed by atoms with E-state index in [4.69, 9.17) is 0 Å². The zero-order valence-electron chi connectivity index (χ0n) is 15.7. The third kappa shape index (κ3) is 4.81. The molecule has 0 unspecified atom stereocenters. The number of pyridine rings is 2. The van der Waals surface area contributed by atoms with Gasteiger partial charge in [-0.05, 0) is 61.4 Å². The zero-order chi connectivity index (χ0) is 20.1. The Morgan fingerprint density at radius 3 is 2.55 bits per heavy atom. The lowest BCUT2D eigenvalue weighted by atomic mass is 10.1. The average Bonchev–Trinajstić information content (AvgIpc) is 2.75. The topological polar surface area (TPSA) is 75.2 Å². The predicted molar refractivity (Wildman–Crippen MR) is 113 cm³/mol. The van der Waals surface area contributed by atoms with Crippen LogP contribution in [0, 0.1) is 0 Å². The molecule has 146 valence electrons. The first-order valence-corrected chi connectivity index (χ1v) is 10.3. The van der Waals surface area contributed by atoms with Crippen molar-refractivity contribution in [2.45, 2.75) is 29.3 Å². The summed E-state index contributed by atoms with van der Waals surface area (Å²) in [5, 5.41) is 4.49. The van der Waals surface area contributed by atoms with Crippen LogP contribution in [0.3, 0.4) is 0 Å². The molecule has 0 atom stereocenters. The monoisotopic (exact) mass is 404 g/mol. The second-order valence-corrected chi connectivity index (χ2v) is 7.70. The van der Waals surface area contributed by atoms with Crippen LogP contribution in [0.15, 0.2) is 77.0 Å². The van der Waals surface area contributed by atoms with Crippen molar-refractivity contribution in [2.24, 2.45) is 0 Å². The Morgan fingerprint density at radius 1 is 0.966 bits per heavy atom. The normalized spacial score (nSPS) is 13.9. The van der Waals surface area contributed by atoms with Gasteiger partial charge in [-0.1, -0.05) is 17.8 Å². The Kier molecular flexibility index (Phi) is 5.86. The molecule has 1 aromatic carbocycles. The van der Waals surface area contributed by atoms with Gasteiger partial charge < -0.3 is 10.2 Å². The van der Waals surface area contributed by atoms with E-state index in [0.29, 0.717) is 17.7 Å². The summed E-state index contributed by atoms with van der Waals surface area (Å²) in [6.45, 7) is 0.734. The fourth-order valence-corrected chi connectivity index (χ4v) is 3.91. The minimum Gasteiger partial charge on any atom is -0.322 e. The number of anilines is 2. The minimum atomic E-state index is -0.207. The molecule has 1 aliphatic heterocycles. The van der Waals surface area contributed by atoms with Gasteiger partial charge in [0.15, 0.2) is 0 Å². The SMILES string of the molecule is O=C(Nc1ccnc(Sc2ccccn2)c1)c1ccc(N2CCCCC2=O)cc1. The molecule has 3 heterocycles. The maximum atomic E-state index is 12.6. The van der Waals surface area contributed by atoms with Crippen LogP contribution in [0.1, 0.15) is 29.6 Å². The van der Waals surface area contributed by atoms with Crippen molar-refractivity contribution in [1.82, 2.24) is 9.97 Å². The van der Waals surface area contributed by atoms with Crippen molar-refractivity contribution in [2.75, 3.05) is 16.8 Å². The highest BCUT2D eigenvalue weighted by Gasteiger charge is 2.19. The number of hydrogen-bond donors (Lipinski definition) is 1. The molecule has 29 heavy (non-hydrogen) atoms. The van der Waals surface area contributed by atoms with Gasteiger partial charge >= 0.3 is 0 Å². The summed E-state index contributed by atoms with van der Waals surface area (Å²) in [6.07, 6.45) is 5.93. The standard InChI is InChI=1S/C22H20N4O2S/c27-21-6-2-4-14-26(21)18-9-7-16(8-10-18)22(28)25-17-11-13-24-20(15-17)29-19-5-1-3-12-23-19/h1,3,5,7-13,15H,2,4,6,14H2,(H,24,25,28). The predicted octanol–water partition coefficient (Wildman–Crippen LogP) is 4.40. The van der Waals surface area contributed by atoms with E-state index in [-0.39, 0.29) is 11.8 Å². The summed E-state index contributed by atoms with van der Waals surface area (Å²) in [5.41, 5.74) is 2.04. The van der Waals surface area contributed by atoms with Crippen LogP contribution in [0.2, 0.25) is 0 Å². The molecule has 7 heteroatoms. The molecule has 0 bridgehead atoms. The second-order valence-electron chi connectivity index (χ2n) is 6.66. The van der Waals surface area contributed by atoms with E-state index in [1.54, 1.807) is 35.5 Å². The number of amides is 2. The minimum absolute atomic E-state index is 0.142. The number of carbonyl (C=O) groups is 2. The van der Waals surface area contributed by atoms with E-state index in [2.05, 4.69) is 15.3 Å². The molecule has 0 spiro atoms. The van der Waals surface area contributed by atoms with Crippen LogP contribution in [0.25, 0.3) is 0 Å². The van der Waals surface area contributed by atoms with E-state index >= 15 is 0 Å². The summed E-state index contributed by atoms with van der Waals surface area (Å²) >= 11 is 1.43. The summed E-state index contributed by atoms with van der Waals surface area (Å²) in [4.78, 5) is 35.0. The van der Waals surface area contributed by atoms with E-state index in [9.17, 15) is 9.59 Å². The molecular weight excluding hydrogens is 384 g/mol. The molecular formula is C22H20N4O2S. The van der Waals surface area contributed by atoms with Gasteiger partial charge in [0.25, 0.3) is 5.91 Å². The molecule has 0 aliphatic carbocycles. The quantitative estimate of drug-likeness (QED) is 0.682. The molecule has 2 aromatic heterocycles. The van der Waals surface area contributed by atoms with Gasteiger partial charge in [0.2, 0.25) is 5.91 Å². The summed E-state index contributed by atoms with van der Waals surface area (Å²) in [6, 6.07) is 16.4. The Labute approximate surface area is 173 Å². The molecule has 1 aliphatic rings. The highest BCUT2D eigenvalue weighted by molar-refractivity contribution is 7.99. The van der Waals surface area contributed by atoms with Crippen LogP contribution < -0.4 is 10.2 Å². The van der Waals surface area contributed by atoms with Crippen LogP contribution in [0.4, 0.5) is 11.4 Å². The smallest absolute Gasteiger partial charge is 0.255 e. The van der Waals surface area contributed by atoms with Crippen molar-refractivity contribution in [1.29, 1.82) is 0 Å². The first-order chi connectivity index (χ1) is 14.2. The van der Waals surface area contributed by atoms with E-state index in [0.717, 1.165) is 35.1 Å². The Bertz CT molecular complexity index is 1010. The van der Waals surface area contributed by atoms with E-state index < -0.39 is 0 Å². The number of aromatic nitrogens is 2. The molecule has 6 nitrogen and oxygen atoms in total. The first kappa shape index (κ1) is 19.1. The molecule has 0 radical (unpaired) electrons. The number of carbonyl (C=O) groups excluding carboxylic acids is 2. The Balaban J connectivity index is 1.42. The zero-order valence-corrected chi connectivity index (χ0v) is 16.6. The van der Waals surface area contributed by atoms with Gasteiger partial charge in [-0.15, -0.1) is 0 Å². The summed E-state index contributed by atoms with van der Waals surface area (Å²) in [5.74, 6) is -0.0651. The van der Waals surface area contributed by atoms with Crippen molar-refractivity contribution < 1.29 is 9.59 Å². The van der Waals surface area contributed by atoms with Gasteiger partial charge in [-0.3, -0.25) is 9.59 Å². The van der Waals surface area contributed by atoms with Gasteiger partial charge in [0.1, 0.15) is 10.1 Å². The number of piperidine rings is 1. The second kappa shape index (κ2) is 8.87. The number of nitrogens with one attached hydrogen (secondary N) is 1. The van der Waals surface area contributed by atoms with Gasteiger partial charge in [-0.25, -0.2) is 9.97 Å². The van der Waals surface area contributed by atoms with E-state index in [1.807, 2.05) is 36.4 Å². The number of benzene rings is 1. The van der Waals surface area contributed by atoms with Crippen molar-refractivity contribution in [3.63, 3.8) is 0 Å². The molecule has 0 saturated carbocycles. The van der Waals surface area contributed by atoms with Crippen LogP contribution in [-0.2, 0) is 4.79 Å². The lowest BCUT2D eigenvalue weighted by Crippen LogP contribution is -2.35. The molecule has 2 amide bonds. The molecule has 1 saturated heterocycles. The average molecular weight is 404 g/mol. The van der Waals surface area contributed by atoms with Crippen molar-refractivity contribution in [3.05, 3.63) is 72.6 Å². The molecule has 3 aromatic rings. The number of nitrogens with zero attached hydrogens (tertiary/aromatic N) is 3. The first-order valence-electron chi connectivity index (χ1n) is 9.46. The fourth-order valence-electron chi connectivity index (χ4n) is 3.13.